The number of hydrogen-bond donors (Lipinski definition) is 1. The summed E-state index contributed by atoms with van der Waals surface area (Å²) in [5, 5.41) is 11.2. The molecule has 3 heterocycles. The van der Waals surface area contributed by atoms with Gasteiger partial charge in [0, 0.05) is 0 Å². The number of aryl methyl sites for hydroxylation is 1. The summed E-state index contributed by atoms with van der Waals surface area (Å²) < 4.78 is 5.78. The smallest absolute Gasteiger partial charge is 0.257 e. The molecule has 1 N–H and O–H groups in total. The van der Waals surface area contributed by atoms with Crippen LogP contribution in [0.1, 0.15) is 23.6 Å². The Bertz CT molecular complexity index is 942. The quantitative estimate of drug-likeness (QED) is 0.538. The first-order valence-corrected chi connectivity index (χ1v) is 8.95. The third kappa shape index (κ3) is 2.89. The maximum atomic E-state index is 5.78. The molecule has 4 aromatic rings. The van der Waals surface area contributed by atoms with Crippen LogP contribution in [0.25, 0.3) is 21.8 Å². The standard InChI is InChI=1S/C16H14N4OS2/c1-9-5-6-11-12(8-9)18-16(17-11)23-10(2)14-19-20-15(21-14)13-4-3-7-22-13/h3-8,10H,1-2H3,(H,17,18)/t10-/m1/s1. The van der Waals surface area contributed by atoms with Gasteiger partial charge in [-0.1, -0.05) is 23.9 Å². The molecule has 0 aliphatic rings. The van der Waals surface area contributed by atoms with Gasteiger partial charge in [-0.15, -0.1) is 21.5 Å². The number of thiophene rings is 1. The van der Waals surface area contributed by atoms with E-state index in [9.17, 15) is 0 Å². The first kappa shape index (κ1) is 14.5. The van der Waals surface area contributed by atoms with Gasteiger partial charge in [0.15, 0.2) is 5.16 Å². The Kier molecular flexibility index (Phi) is 3.66. The highest BCUT2D eigenvalue weighted by molar-refractivity contribution is 7.99. The molecule has 0 unspecified atom stereocenters. The molecule has 5 nitrogen and oxygen atoms in total. The van der Waals surface area contributed by atoms with Crippen molar-refractivity contribution in [2.45, 2.75) is 24.3 Å². The average Bonchev–Trinajstić information content (AvgIpc) is 3.26. The molecule has 4 rings (SSSR count). The zero-order valence-corrected chi connectivity index (χ0v) is 14.2. The Morgan fingerprint density at radius 1 is 1.26 bits per heavy atom. The molecule has 0 amide bonds. The molecule has 0 saturated heterocycles. The van der Waals surface area contributed by atoms with Crippen molar-refractivity contribution in [3.8, 4) is 10.8 Å². The summed E-state index contributed by atoms with van der Waals surface area (Å²) in [6, 6.07) is 10.1. The summed E-state index contributed by atoms with van der Waals surface area (Å²) >= 11 is 3.17. The number of imidazole rings is 1. The number of aromatic amines is 1. The maximum absolute atomic E-state index is 5.78. The van der Waals surface area contributed by atoms with Crippen LogP contribution in [0.3, 0.4) is 0 Å². The molecule has 116 valence electrons. The second-order valence-corrected chi connectivity index (χ2v) is 7.52. The molecular weight excluding hydrogens is 328 g/mol. The third-order valence-corrected chi connectivity index (χ3v) is 5.25. The van der Waals surface area contributed by atoms with Gasteiger partial charge >= 0.3 is 0 Å². The fraction of sp³-hybridized carbons (Fsp3) is 0.188. The van der Waals surface area contributed by atoms with Crippen molar-refractivity contribution in [1.82, 2.24) is 20.2 Å². The molecule has 1 aromatic carbocycles. The van der Waals surface area contributed by atoms with Crippen molar-refractivity contribution in [3.05, 3.63) is 47.2 Å². The van der Waals surface area contributed by atoms with Gasteiger partial charge in [-0.25, -0.2) is 4.98 Å². The average molecular weight is 342 g/mol. The second-order valence-electron chi connectivity index (χ2n) is 5.25. The SMILES string of the molecule is Cc1ccc2nc(S[C@H](C)c3nnc(-c4cccs4)o3)[nH]c2c1. The van der Waals surface area contributed by atoms with Gasteiger partial charge in [0.25, 0.3) is 5.89 Å². The Morgan fingerprint density at radius 3 is 3.00 bits per heavy atom. The van der Waals surface area contributed by atoms with Crippen molar-refractivity contribution in [1.29, 1.82) is 0 Å². The number of aromatic nitrogens is 4. The van der Waals surface area contributed by atoms with Crippen LogP contribution in [0.2, 0.25) is 0 Å². The highest BCUT2D eigenvalue weighted by atomic mass is 32.2. The lowest BCUT2D eigenvalue weighted by molar-refractivity contribution is 0.510. The van der Waals surface area contributed by atoms with Crippen molar-refractivity contribution in [3.63, 3.8) is 0 Å². The number of H-pyrrole nitrogens is 1. The van der Waals surface area contributed by atoms with Gasteiger partial charge in [-0.05, 0) is 43.0 Å². The summed E-state index contributed by atoms with van der Waals surface area (Å²) in [5.41, 5.74) is 3.22. The topological polar surface area (TPSA) is 67.6 Å². The predicted octanol–water partition coefficient (Wildman–Crippen LogP) is 4.84. The molecule has 23 heavy (non-hydrogen) atoms. The zero-order valence-electron chi connectivity index (χ0n) is 12.6. The van der Waals surface area contributed by atoms with Crippen molar-refractivity contribution < 1.29 is 4.42 Å². The minimum atomic E-state index is 0.0258. The second kappa shape index (κ2) is 5.82. The van der Waals surface area contributed by atoms with E-state index in [1.54, 1.807) is 23.1 Å². The van der Waals surface area contributed by atoms with E-state index in [0.29, 0.717) is 11.8 Å². The van der Waals surface area contributed by atoms with E-state index in [1.807, 2.05) is 30.5 Å². The Hall–Kier alpha value is -2.12. The minimum absolute atomic E-state index is 0.0258. The van der Waals surface area contributed by atoms with Crippen LogP contribution >= 0.6 is 23.1 Å². The van der Waals surface area contributed by atoms with Crippen LogP contribution in [-0.2, 0) is 0 Å². The fourth-order valence-electron chi connectivity index (χ4n) is 2.27. The number of benzene rings is 1. The molecule has 3 aromatic heterocycles. The van der Waals surface area contributed by atoms with Gasteiger partial charge < -0.3 is 9.40 Å². The van der Waals surface area contributed by atoms with Crippen LogP contribution in [0.15, 0.2) is 45.3 Å². The highest BCUT2D eigenvalue weighted by Crippen LogP contribution is 2.35. The van der Waals surface area contributed by atoms with E-state index in [4.69, 9.17) is 4.42 Å². The van der Waals surface area contributed by atoms with Gasteiger partial charge in [0.1, 0.15) is 0 Å². The Labute approximate surface area is 141 Å². The number of nitrogens with one attached hydrogen (secondary N) is 1. The van der Waals surface area contributed by atoms with E-state index in [1.165, 1.54) is 5.56 Å². The lowest BCUT2D eigenvalue weighted by Gasteiger charge is -2.02. The lowest BCUT2D eigenvalue weighted by atomic mass is 10.2. The molecule has 0 aliphatic heterocycles. The Morgan fingerprint density at radius 2 is 2.17 bits per heavy atom. The van der Waals surface area contributed by atoms with E-state index in [-0.39, 0.29) is 5.25 Å². The lowest BCUT2D eigenvalue weighted by Crippen LogP contribution is -1.89. The highest BCUT2D eigenvalue weighted by Gasteiger charge is 2.18. The molecular formula is C16H14N4OS2. The van der Waals surface area contributed by atoms with Gasteiger partial charge in [-0.3, -0.25) is 0 Å². The van der Waals surface area contributed by atoms with Crippen LogP contribution in [0.5, 0.6) is 0 Å². The zero-order chi connectivity index (χ0) is 15.8. The van der Waals surface area contributed by atoms with Crippen LogP contribution in [0.4, 0.5) is 0 Å². The van der Waals surface area contributed by atoms with E-state index >= 15 is 0 Å². The van der Waals surface area contributed by atoms with E-state index < -0.39 is 0 Å². The first-order valence-electron chi connectivity index (χ1n) is 7.19. The molecule has 7 heteroatoms. The number of thioether (sulfide) groups is 1. The van der Waals surface area contributed by atoms with E-state index in [2.05, 4.69) is 39.2 Å². The number of fused-ring (bicyclic) bond motifs is 1. The largest absolute Gasteiger partial charge is 0.419 e. The van der Waals surface area contributed by atoms with Crippen LogP contribution in [0, 0.1) is 6.92 Å². The van der Waals surface area contributed by atoms with Gasteiger partial charge in [0.05, 0.1) is 21.2 Å². The van der Waals surface area contributed by atoms with Crippen molar-refractivity contribution in [2.24, 2.45) is 0 Å². The van der Waals surface area contributed by atoms with Crippen molar-refractivity contribution >= 4 is 34.1 Å². The first-order chi connectivity index (χ1) is 11.2. The van der Waals surface area contributed by atoms with Crippen LogP contribution in [-0.4, -0.2) is 20.2 Å². The number of nitrogens with zero attached hydrogens (tertiary/aromatic N) is 3. The van der Waals surface area contributed by atoms with Crippen LogP contribution < -0.4 is 0 Å². The molecule has 0 fully saturated rings. The third-order valence-electron chi connectivity index (χ3n) is 3.42. The van der Waals surface area contributed by atoms with Crippen molar-refractivity contribution in [2.75, 3.05) is 0 Å². The van der Waals surface area contributed by atoms with Gasteiger partial charge in [0.2, 0.25) is 5.89 Å². The maximum Gasteiger partial charge on any atom is 0.257 e. The number of hydrogen-bond acceptors (Lipinski definition) is 6. The predicted molar refractivity (Wildman–Crippen MR) is 92.7 cm³/mol. The van der Waals surface area contributed by atoms with Gasteiger partial charge in [-0.2, -0.15) is 0 Å². The Balaban J connectivity index is 1.55. The molecule has 1 atom stereocenters. The molecule has 0 saturated carbocycles. The molecule has 0 radical (unpaired) electrons. The minimum Gasteiger partial charge on any atom is -0.419 e. The molecule has 0 aliphatic carbocycles. The molecule has 0 bridgehead atoms. The monoisotopic (exact) mass is 342 g/mol. The normalized spacial score (nSPS) is 12.8. The summed E-state index contributed by atoms with van der Waals surface area (Å²) in [7, 11) is 0. The summed E-state index contributed by atoms with van der Waals surface area (Å²) in [5.74, 6) is 1.18. The summed E-state index contributed by atoms with van der Waals surface area (Å²) in [6.07, 6.45) is 0. The number of rotatable bonds is 4. The summed E-state index contributed by atoms with van der Waals surface area (Å²) in [6.45, 7) is 4.11. The fourth-order valence-corrected chi connectivity index (χ4v) is 3.77. The molecule has 0 spiro atoms. The summed E-state index contributed by atoms with van der Waals surface area (Å²) in [4.78, 5) is 8.92. The van der Waals surface area contributed by atoms with E-state index in [0.717, 1.165) is 21.1 Å².